The van der Waals surface area contributed by atoms with E-state index in [1.807, 2.05) is 0 Å². The molecule has 1 heterocycles. The van der Waals surface area contributed by atoms with E-state index in [1.54, 1.807) is 0 Å². The van der Waals surface area contributed by atoms with E-state index in [0.717, 1.165) is 12.5 Å². The fraction of sp³-hybridized carbons (Fsp3) is 0.714. The van der Waals surface area contributed by atoms with Gasteiger partial charge in [-0.2, -0.15) is 0 Å². The first-order valence-corrected chi connectivity index (χ1v) is 3.66. The Morgan fingerprint density at radius 3 is 3.30 bits per heavy atom. The molecule has 1 fully saturated rings. The third-order valence-corrected chi connectivity index (χ3v) is 2.14. The third kappa shape index (κ3) is 1.56. The van der Waals surface area contributed by atoms with Gasteiger partial charge >= 0.3 is 29.6 Å². The summed E-state index contributed by atoms with van der Waals surface area (Å²) in [4.78, 5) is 0. The Balaban J connectivity index is 0.000000500. The van der Waals surface area contributed by atoms with Crippen LogP contribution >= 0.6 is 0 Å². The maximum atomic E-state index is 3.17. The van der Waals surface area contributed by atoms with Crippen LogP contribution in [0.5, 0.6) is 0 Å². The first kappa shape index (κ1) is 8.60. The average molecular weight is 148 g/mol. The largest absolute Gasteiger partial charge is 1.00 e. The molecule has 3 heteroatoms. The molecule has 0 aromatic rings. The van der Waals surface area contributed by atoms with Crippen molar-refractivity contribution in [2.24, 2.45) is 5.92 Å². The zero-order valence-corrected chi connectivity index (χ0v) is 8.48. The van der Waals surface area contributed by atoms with Crippen molar-refractivity contribution in [1.82, 2.24) is 10.9 Å². The molecule has 52 valence electrons. The summed E-state index contributed by atoms with van der Waals surface area (Å²) in [7, 11) is 0. The van der Waals surface area contributed by atoms with Gasteiger partial charge < -0.3 is 6.85 Å². The molecule has 1 saturated heterocycles. The van der Waals surface area contributed by atoms with E-state index in [4.69, 9.17) is 0 Å². The van der Waals surface area contributed by atoms with E-state index in [2.05, 4.69) is 16.9 Å². The summed E-state index contributed by atoms with van der Waals surface area (Å²) in [5.74, 6) is 0.804. The maximum Gasteiger partial charge on any atom is 1.00 e. The van der Waals surface area contributed by atoms with Gasteiger partial charge in [-0.1, -0.05) is 6.08 Å². The Bertz CT molecular complexity index is 149. The molecule has 0 amide bonds. The van der Waals surface area contributed by atoms with Gasteiger partial charge in [-0.05, 0) is 19.3 Å². The Morgan fingerprint density at radius 1 is 1.60 bits per heavy atom. The fourth-order valence-corrected chi connectivity index (χ4v) is 1.59. The van der Waals surface area contributed by atoms with Gasteiger partial charge in [-0.25, -0.2) is 5.43 Å². The predicted molar refractivity (Wildman–Crippen MR) is 37.7 cm³/mol. The van der Waals surface area contributed by atoms with Crippen LogP contribution in [0.25, 0.3) is 0 Å². The Hall–Kier alpha value is 0.500. The third-order valence-electron chi connectivity index (χ3n) is 2.14. The van der Waals surface area contributed by atoms with Gasteiger partial charge in [0.15, 0.2) is 0 Å². The summed E-state index contributed by atoms with van der Waals surface area (Å²) in [6.07, 6.45) is 6.32. The monoisotopic (exact) mass is 148 g/mol. The Labute approximate surface area is 85.2 Å². The molecule has 10 heavy (non-hydrogen) atoms. The molecule has 2 aliphatic rings. The normalized spacial score (nSPS) is 29.6. The smallest absolute Gasteiger partial charge is 1.00 e. The van der Waals surface area contributed by atoms with Gasteiger partial charge in [0, 0.05) is 18.2 Å². The SMILES string of the molecule is C1=C2NNCC2CCC1.[H-].[Na+]. The zero-order chi connectivity index (χ0) is 6.10. The van der Waals surface area contributed by atoms with Crippen molar-refractivity contribution in [2.45, 2.75) is 19.3 Å². The van der Waals surface area contributed by atoms with Crippen molar-refractivity contribution in [2.75, 3.05) is 6.54 Å². The maximum absolute atomic E-state index is 3.17. The van der Waals surface area contributed by atoms with E-state index in [9.17, 15) is 0 Å². The molecule has 0 saturated carbocycles. The number of hydrogen-bond donors (Lipinski definition) is 2. The molecule has 1 aliphatic heterocycles. The minimum atomic E-state index is 0. The summed E-state index contributed by atoms with van der Waals surface area (Å²) in [5.41, 5.74) is 7.75. The van der Waals surface area contributed by atoms with Crippen molar-refractivity contribution in [3.8, 4) is 0 Å². The molecule has 0 radical (unpaired) electrons. The van der Waals surface area contributed by atoms with Crippen molar-refractivity contribution in [3.05, 3.63) is 11.8 Å². The molecule has 2 nitrogen and oxygen atoms in total. The van der Waals surface area contributed by atoms with Crippen LogP contribution in [0.15, 0.2) is 11.8 Å². The van der Waals surface area contributed by atoms with Crippen LogP contribution in [-0.2, 0) is 0 Å². The van der Waals surface area contributed by atoms with Crippen molar-refractivity contribution in [1.29, 1.82) is 0 Å². The number of allylic oxidation sites excluding steroid dienone is 1. The van der Waals surface area contributed by atoms with Crippen molar-refractivity contribution < 1.29 is 31.0 Å². The minimum absolute atomic E-state index is 0. The van der Waals surface area contributed by atoms with Gasteiger partial charge in [0.25, 0.3) is 0 Å². The van der Waals surface area contributed by atoms with E-state index in [-0.39, 0.29) is 31.0 Å². The van der Waals surface area contributed by atoms with Crippen LogP contribution in [0.4, 0.5) is 0 Å². The summed E-state index contributed by atoms with van der Waals surface area (Å²) >= 11 is 0. The number of nitrogens with one attached hydrogen (secondary N) is 2. The first-order valence-electron chi connectivity index (χ1n) is 3.66. The van der Waals surface area contributed by atoms with E-state index in [0.29, 0.717) is 0 Å². The summed E-state index contributed by atoms with van der Waals surface area (Å²) < 4.78 is 0. The number of hydrazine groups is 1. The van der Waals surface area contributed by atoms with Gasteiger partial charge in [-0.3, -0.25) is 0 Å². The summed E-state index contributed by atoms with van der Waals surface area (Å²) in [5, 5.41) is 0. The van der Waals surface area contributed by atoms with Crippen molar-refractivity contribution >= 4 is 0 Å². The van der Waals surface area contributed by atoms with E-state index in [1.165, 1.54) is 25.0 Å². The van der Waals surface area contributed by atoms with Crippen LogP contribution in [-0.4, -0.2) is 6.54 Å². The second kappa shape index (κ2) is 3.77. The first-order chi connectivity index (χ1) is 4.47. The average Bonchev–Trinajstić information content (AvgIpc) is 2.33. The molecule has 0 aromatic carbocycles. The predicted octanol–water partition coefficient (Wildman–Crippen LogP) is -2.11. The van der Waals surface area contributed by atoms with E-state index < -0.39 is 0 Å². The van der Waals surface area contributed by atoms with Crippen LogP contribution in [0.3, 0.4) is 0 Å². The molecular weight excluding hydrogens is 135 g/mol. The molecule has 2 N–H and O–H groups in total. The zero-order valence-electron chi connectivity index (χ0n) is 7.48. The Kier molecular flexibility index (Phi) is 3.24. The number of hydrogen-bond acceptors (Lipinski definition) is 2. The van der Waals surface area contributed by atoms with Gasteiger partial charge in [0.1, 0.15) is 0 Å². The molecule has 2 rings (SSSR count). The van der Waals surface area contributed by atoms with Crippen LogP contribution in [0, 0.1) is 5.92 Å². The summed E-state index contributed by atoms with van der Waals surface area (Å²) in [6.45, 7) is 1.13. The van der Waals surface area contributed by atoms with Gasteiger partial charge in [-0.15, -0.1) is 0 Å². The minimum Gasteiger partial charge on any atom is -1.00 e. The molecule has 0 aromatic heterocycles. The topological polar surface area (TPSA) is 24.1 Å². The molecule has 1 unspecified atom stereocenters. The molecule has 0 spiro atoms. The quantitative estimate of drug-likeness (QED) is 0.384. The van der Waals surface area contributed by atoms with Gasteiger partial charge in [0.2, 0.25) is 0 Å². The van der Waals surface area contributed by atoms with E-state index >= 15 is 0 Å². The van der Waals surface area contributed by atoms with Crippen LogP contribution in [0.1, 0.15) is 20.7 Å². The Morgan fingerprint density at radius 2 is 2.50 bits per heavy atom. The number of rotatable bonds is 0. The van der Waals surface area contributed by atoms with Crippen LogP contribution < -0.4 is 40.4 Å². The molecular formula is C7H13N2Na. The molecule has 1 atom stereocenters. The fourth-order valence-electron chi connectivity index (χ4n) is 1.59. The summed E-state index contributed by atoms with van der Waals surface area (Å²) in [6, 6.07) is 0. The van der Waals surface area contributed by atoms with Crippen LogP contribution in [0.2, 0.25) is 0 Å². The number of fused-ring (bicyclic) bond motifs is 1. The second-order valence-electron chi connectivity index (χ2n) is 2.79. The van der Waals surface area contributed by atoms with Crippen molar-refractivity contribution in [3.63, 3.8) is 0 Å². The second-order valence-corrected chi connectivity index (χ2v) is 2.79. The molecule has 0 bridgehead atoms. The standard InChI is InChI=1S/C7H12N2.Na.H/c1-2-4-7-6(3-1)5-8-9-7;;/h4,6,8-9H,1-3,5H2;;/q;+1;-1. The van der Waals surface area contributed by atoms with Gasteiger partial charge in [0.05, 0.1) is 0 Å². The molecule has 1 aliphatic carbocycles.